The lowest BCUT2D eigenvalue weighted by molar-refractivity contribution is -0.150. The van der Waals surface area contributed by atoms with Crippen molar-refractivity contribution >= 4 is 12.4 Å². The minimum Gasteiger partial charge on any atom is -0.462 e. The molecule has 0 N–H and O–H groups in total. The number of esters is 1. The first-order valence-corrected chi connectivity index (χ1v) is 5.57. The Morgan fingerprint density at radius 1 is 1.25 bits per heavy atom. The largest absolute Gasteiger partial charge is 0.462 e. The Morgan fingerprint density at radius 2 is 1.94 bits per heavy atom. The van der Waals surface area contributed by atoms with Crippen LogP contribution in [0.15, 0.2) is 0 Å². The topological polar surface area (TPSA) is 61.8 Å². The third kappa shape index (κ3) is 2.52. The number of carbonyl (C=O) groups excluding carboxylic acids is 2. The second kappa shape index (κ2) is 4.82. The van der Waals surface area contributed by atoms with Crippen LogP contribution >= 0.6 is 0 Å². The number of carbonyl (C=O) groups is 2. The summed E-state index contributed by atoms with van der Waals surface area (Å²) in [5, 5.41) is 0. The van der Waals surface area contributed by atoms with E-state index in [0.29, 0.717) is 19.3 Å². The molecule has 0 radical (unpaired) electrons. The van der Waals surface area contributed by atoms with Crippen molar-refractivity contribution in [3.8, 4) is 0 Å². The van der Waals surface area contributed by atoms with E-state index < -0.39 is 0 Å². The van der Waals surface area contributed by atoms with E-state index in [1.807, 2.05) is 0 Å². The molecule has 16 heavy (non-hydrogen) atoms. The zero-order valence-corrected chi connectivity index (χ0v) is 9.26. The van der Waals surface area contributed by atoms with Crippen LogP contribution in [0.1, 0.15) is 25.7 Å². The predicted octanol–water partition coefficient (Wildman–Crippen LogP) is 0.659. The zero-order chi connectivity index (χ0) is 11.5. The Kier molecular flexibility index (Phi) is 3.43. The third-order valence-corrected chi connectivity index (χ3v) is 3.13. The van der Waals surface area contributed by atoms with Gasteiger partial charge in [-0.05, 0) is 12.8 Å². The van der Waals surface area contributed by atoms with Crippen LogP contribution in [-0.4, -0.2) is 37.9 Å². The molecule has 2 aliphatic carbocycles. The molecule has 2 saturated carbocycles. The second-order valence-electron chi connectivity index (χ2n) is 4.35. The van der Waals surface area contributed by atoms with Gasteiger partial charge in [-0.3, -0.25) is 9.59 Å². The molecular weight excluding hydrogens is 212 g/mol. The second-order valence-corrected chi connectivity index (χ2v) is 4.35. The maximum Gasteiger partial charge on any atom is 0.309 e. The van der Waals surface area contributed by atoms with E-state index in [2.05, 4.69) is 0 Å². The van der Waals surface area contributed by atoms with Crippen molar-refractivity contribution < 1.29 is 23.8 Å². The summed E-state index contributed by atoms with van der Waals surface area (Å²) in [7, 11) is 1.57. The third-order valence-electron chi connectivity index (χ3n) is 3.13. The normalized spacial score (nSPS) is 33.4. The van der Waals surface area contributed by atoms with E-state index in [1.54, 1.807) is 7.11 Å². The van der Waals surface area contributed by atoms with Crippen molar-refractivity contribution in [1.82, 2.24) is 0 Å². The first-order chi connectivity index (χ1) is 7.74. The quantitative estimate of drug-likeness (QED) is 0.511. The van der Waals surface area contributed by atoms with Crippen molar-refractivity contribution in [1.29, 1.82) is 0 Å². The smallest absolute Gasteiger partial charge is 0.309 e. The van der Waals surface area contributed by atoms with Gasteiger partial charge in [-0.1, -0.05) is 0 Å². The molecule has 0 bridgehead atoms. The van der Waals surface area contributed by atoms with Crippen molar-refractivity contribution in [3.05, 3.63) is 0 Å². The molecule has 0 heterocycles. The van der Waals surface area contributed by atoms with Gasteiger partial charge in [0.1, 0.15) is 12.2 Å². The Bertz CT molecular complexity index is 274. The molecule has 0 spiro atoms. The summed E-state index contributed by atoms with van der Waals surface area (Å²) in [6.45, 7) is 0.418. The van der Waals surface area contributed by atoms with Gasteiger partial charge in [0.05, 0.1) is 12.0 Å². The predicted molar refractivity (Wildman–Crippen MR) is 53.6 cm³/mol. The SMILES string of the molecule is COC1CC(OC(=O)C2CC2)CC1OC=O. The van der Waals surface area contributed by atoms with E-state index in [4.69, 9.17) is 14.2 Å². The van der Waals surface area contributed by atoms with Crippen LogP contribution in [0, 0.1) is 5.92 Å². The molecule has 3 atom stereocenters. The first-order valence-electron chi connectivity index (χ1n) is 5.57. The summed E-state index contributed by atoms with van der Waals surface area (Å²) < 4.78 is 15.4. The Labute approximate surface area is 94.0 Å². The van der Waals surface area contributed by atoms with E-state index in [1.165, 1.54) is 0 Å². The molecule has 0 aromatic rings. The molecule has 5 nitrogen and oxygen atoms in total. The monoisotopic (exact) mass is 228 g/mol. The minimum atomic E-state index is -0.292. The fourth-order valence-electron chi connectivity index (χ4n) is 2.06. The lowest BCUT2D eigenvalue weighted by atomic mass is 10.3. The van der Waals surface area contributed by atoms with Gasteiger partial charge in [0, 0.05) is 20.0 Å². The van der Waals surface area contributed by atoms with Gasteiger partial charge in [-0.2, -0.15) is 0 Å². The summed E-state index contributed by atoms with van der Waals surface area (Å²) in [6, 6.07) is 0. The van der Waals surface area contributed by atoms with Crippen molar-refractivity contribution in [2.45, 2.75) is 44.0 Å². The number of methoxy groups -OCH3 is 1. The van der Waals surface area contributed by atoms with Crippen molar-refractivity contribution in [2.24, 2.45) is 5.92 Å². The molecule has 3 unspecified atom stereocenters. The Hall–Kier alpha value is -1.10. The molecule has 90 valence electrons. The molecule has 0 saturated heterocycles. The lowest BCUT2D eigenvalue weighted by Gasteiger charge is -2.14. The summed E-state index contributed by atoms with van der Waals surface area (Å²) in [5.41, 5.74) is 0. The molecule has 2 fully saturated rings. The van der Waals surface area contributed by atoms with Crippen LogP contribution < -0.4 is 0 Å². The van der Waals surface area contributed by atoms with Gasteiger partial charge in [-0.25, -0.2) is 0 Å². The number of hydrogen-bond donors (Lipinski definition) is 0. The average molecular weight is 228 g/mol. The van der Waals surface area contributed by atoms with Gasteiger partial charge in [0.15, 0.2) is 0 Å². The molecule has 2 rings (SSSR count). The summed E-state index contributed by atoms with van der Waals surface area (Å²) >= 11 is 0. The Morgan fingerprint density at radius 3 is 2.50 bits per heavy atom. The summed E-state index contributed by atoms with van der Waals surface area (Å²) in [6.07, 6.45) is 2.38. The van der Waals surface area contributed by atoms with Crippen LogP contribution in [0.25, 0.3) is 0 Å². The van der Waals surface area contributed by atoms with Crippen LogP contribution in [0.2, 0.25) is 0 Å². The van der Waals surface area contributed by atoms with Gasteiger partial charge in [-0.15, -0.1) is 0 Å². The molecule has 5 heteroatoms. The molecule has 0 aromatic heterocycles. The maximum absolute atomic E-state index is 11.4. The maximum atomic E-state index is 11.4. The summed E-state index contributed by atoms with van der Waals surface area (Å²) in [4.78, 5) is 21.7. The number of rotatable bonds is 5. The van der Waals surface area contributed by atoms with E-state index >= 15 is 0 Å². The summed E-state index contributed by atoms with van der Waals surface area (Å²) in [5.74, 6) is -0.0151. The van der Waals surface area contributed by atoms with Gasteiger partial charge in [0.25, 0.3) is 6.47 Å². The highest BCUT2D eigenvalue weighted by molar-refractivity contribution is 5.75. The van der Waals surface area contributed by atoms with Gasteiger partial charge >= 0.3 is 5.97 Å². The van der Waals surface area contributed by atoms with Crippen LogP contribution in [0.4, 0.5) is 0 Å². The van der Waals surface area contributed by atoms with E-state index in [0.717, 1.165) is 12.8 Å². The van der Waals surface area contributed by atoms with Crippen molar-refractivity contribution in [3.63, 3.8) is 0 Å². The molecule has 0 aromatic carbocycles. The van der Waals surface area contributed by atoms with Gasteiger partial charge in [0.2, 0.25) is 0 Å². The zero-order valence-electron chi connectivity index (χ0n) is 9.26. The molecule has 2 aliphatic rings. The fourth-order valence-corrected chi connectivity index (χ4v) is 2.06. The average Bonchev–Trinajstić information content (AvgIpc) is 3.04. The van der Waals surface area contributed by atoms with Crippen LogP contribution in [0.5, 0.6) is 0 Å². The Balaban J connectivity index is 1.83. The molecular formula is C11H16O5. The van der Waals surface area contributed by atoms with E-state index in [-0.39, 0.29) is 30.2 Å². The lowest BCUT2D eigenvalue weighted by Crippen LogP contribution is -2.24. The standard InChI is InChI=1S/C11H16O5/c1-14-9-4-8(5-10(9)15-6-12)16-11(13)7-2-3-7/h6-10H,2-5H2,1H3. The first kappa shape index (κ1) is 11.4. The minimum absolute atomic E-state index is 0.104. The van der Waals surface area contributed by atoms with Crippen LogP contribution in [-0.2, 0) is 23.8 Å². The van der Waals surface area contributed by atoms with E-state index in [9.17, 15) is 9.59 Å². The van der Waals surface area contributed by atoms with Crippen LogP contribution in [0.3, 0.4) is 0 Å². The fraction of sp³-hybridized carbons (Fsp3) is 0.818. The molecule has 0 amide bonds. The highest BCUT2D eigenvalue weighted by Gasteiger charge is 2.40. The molecule has 0 aliphatic heterocycles. The van der Waals surface area contributed by atoms with Gasteiger partial charge < -0.3 is 14.2 Å². The number of ether oxygens (including phenoxy) is 3. The highest BCUT2D eigenvalue weighted by Crippen LogP contribution is 2.33. The highest BCUT2D eigenvalue weighted by atomic mass is 16.6. The number of hydrogen-bond acceptors (Lipinski definition) is 5. The van der Waals surface area contributed by atoms with Crippen molar-refractivity contribution in [2.75, 3.05) is 7.11 Å².